The highest BCUT2D eigenvalue weighted by molar-refractivity contribution is 5.99. The van der Waals surface area contributed by atoms with Crippen molar-refractivity contribution in [3.63, 3.8) is 0 Å². The number of nitrogens with one attached hydrogen (secondary N) is 1. The van der Waals surface area contributed by atoms with Gasteiger partial charge in [0.25, 0.3) is 6.36 Å². The summed E-state index contributed by atoms with van der Waals surface area (Å²) < 4.78 is 39.3. The van der Waals surface area contributed by atoms with Crippen LogP contribution >= 0.6 is 0 Å². The summed E-state index contributed by atoms with van der Waals surface area (Å²) in [5, 5.41) is 13.5. The average Bonchev–Trinajstić information content (AvgIpc) is 3.30. The molecule has 0 radical (unpaired) electrons. The number of amides is 1. The van der Waals surface area contributed by atoms with Crippen molar-refractivity contribution in [2.75, 3.05) is 35.7 Å². The fraction of sp³-hybridized carbons (Fsp3) is 0.318. The Morgan fingerprint density at radius 3 is 2.85 bits per heavy atom. The van der Waals surface area contributed by atoms with Gasteiger partial charge in [0, 0.05) is 35.5 Å². The van der Waals surface area contributed by atoms with Crippen molar-refractivity contribution in [3.8, 4) is 17.0 Å². The first-order chi connectivity index (χ1) is 15.8. The number of fused-ring (bicyclic) bond motifs is 2. The lowest BCUT2D eigenvalue weighted by atomic mass is 9.97. The number of rotatable bonds is 3. The normalized spacial score (nSPS) is 19.6. The Labute approximate surface area is 187 Å². The van der Waals surface area contributed by atoms with Crippen LogP contribution in [0.4, 0.5) is 30.8 Å². The number of nitrogens with zero attached hydrogens (tertiary/aromatic N) is 3. The zero-order chi connectivity index (χ0) is 23.3. The van der Waals surface area contributed by atoms with E-state index >= 15 is 4.39 Å². The van der Waals surface area contributed by atoms with Crippen molar-refractivity contribution in [2.24, 2.45) is 0 Å². The molecule has 1 aromatic carbocycles. The number of hydrogen-bond acceptors (Lipinski definition) is 7. The monoisotopic (exact) mass is 457 g/mol. The summed E-state index contributed by atoms with van der Waals surface area (Å²) in [6.07, 6.45) is 0.653. The average molecular weight is 457 g/mol. The zero-order valence-electron chi connectivity index (χ0n) is 17.6. The lowest BCUT2D eigenvalue weighted by Crippen LogP contribution is -2.40. The van der Waals surface area contributed by atoms with Crippen molar-refractivity contribution >= 4 is 34.1 Å². The van der Waals surface area contributed by atoms with E-state index in [0.29, 0.717) is 40.6 Å². The maximum absolute atomic E-state index is 15.3. The van der Waals surface area contributed by atoms with Gasteiger partial charge in [0.15, 0.2) is 5.82 Å². The van der Waals surface area contributed by atoms with Crippen molar-refractivity contribution in [1.29, 1.82) is 0 Å². The lowest BCUT2D eigenvalue weighted by molar-refractivity contribution is 0.0688. The van der Waals surface area contributed by atoms with Crippen molar-refractivity contribution in [2.45, 2.75) is 25.7 Å². The molecule has 172 valence electrons. The van der Waals surface area contributed by atoms with E-state index in [2.05, 4.69) is 15.3 Å². The molecule has 33 heavy (non-hydrogen) atoms. The molecule has 1 amide bonds. The molecule has 2 aromatic heterocycles. The summed E-state index contributed by atoms with van der Waals surface area (Å²) >= 11 is 0. The summed E-state index contributed by atoms with van der Waals surface area (Å²) in [4.78, 5) is 21.5. The Morgan fingerprint density at radius 1 is 1.30 bits per heavy atom. The molecule has 2 aliphatic heterocycles. The van der Waals surface area contributed by atoms with E-state index in [-0.39, 0.29) is 42.1 Å². The number of carbonyl (C=O) groups is 1. The third-order valence-corrected chi connectivity index (χ3v) is 5.98. The van der Waals surface area contributed by atoms with E-state index in [1.54, 1.807) is 19.1 Å². The molecule has 0 bridgehead atoms. The van der Waals surface area contributed by atoms with Crippen LogP contribution in [0.3, 0.4) is 0 Å². The summed E-state index contributed by atoms with van der Waals surface area (Å²) in [6.45, 7) is 2.44. The first-order valence-electron chi connectivity index (χ1n) is 10.4. The number of halogens is 2. The van der Waals surface area contributed by atoms with E-state index in [1.807, 2.05) is 0 Å². The minimum absolute atomic E-state index is 0.0494. The van der Waals surface area contributed by atoms with Crippen LogP contribution in [0.1, 0.15) is 12.0 Å². The van der Waals surface area contributed by atoms with Gasteiger partial charge in [-0.2, -0.15) is 4.39 Å². The van der Waals surface area contributed by atoms with E-state index in [0.717, 1.165) is 4.90 Å². The first-order valence-corrected chi connectivity index (χ1v) is 10.4. The standard InChI is InChI=1S/C22H21F2N5O4/c1-10-14(6-28-21-20(10)27-8-16(23)33-21)13-4-11-5-17(26-7-15(11)19(25)18(13)24)29(22(30)31)12-2-3-32-9-12/h4-7,12,16,27H,2-3,8-9,25H2,1H3,(H,30,31). The SMILES string of the molecule is Cc1c(-c2cc3cc(N(C(=O)O)C4CCOC4)ncc3c(N)c2F)cnc2c1NCC(F)O2. The van der Waals surface area contributed by atoms with Crippen LogP contribution in [0.2, 0.25) is 0 Å². The number of nitrogens with two attached hydrogens (primary N) is 1. The van der Waals surface area contributed by atoms with Gasteiger partial charge >= 0.3 is 6.09 Å². The van der Waals surface area contributed by atoms with Gasteiger partial charge < -0.3 is 25.6 Å². The molecule has 4 heterocycles. The number of carboxylic acid groups (broad SMARTS) is 1. The molecule has 4 N–H and O–H groups in total. The molecule has 2 atom stereocenters. The molecule has 11 heteroatoms. The first kappa shape index (κ1) is 21.1. The summed E-state index contributed by atoms with van der Waals surface area (Å²) in [5.41, 5.74) is 7.71. The fourth-order valence-corrected chi connectivity index (χ4v) is 4.27. The summed E-state index contributed by atoms with van der Waals surface area (Å²) in [6, 6.07) is 2.79. The molecular weight excluding hydrogens is 436 g/mol. The van der Waals surface area contributed by atoms with Gasteiger partial charge in [-0.1, -0.05) is 0 Å². The van der Waals surface area contributed by atoms with E-state index < -0.39 is 18.3 Å². The zero-order valence-corrected chi connectivity index (χ0v) is 17.6. The minimum Gasteiger partial charge on any atom is -0.465 e. The smallest absolute Gasteiger partial charge is 0.413 e. The number of ether oxygens (including phenoxy) is 2. The molecule has 3 aromatic rings. The van der Waals surface area contributed by atoms with Crippen LogP contribution in [-0.4, -0.2) is 53.3 Å². The Morgan fingerprint density at radius 2 is 2.12 bits per heavy atom. The second-order valence-electron chi connectivity index (χ2n) is 7.97. The Kier molecular flexibility index (Phi) is 5.12. The van der Waals surface area contributed by atoms with E-state index in [1.165, 1.54) is 12.4 Å². The van der Waals surface area contributed by atoms with Crippen LogP contribution in [0.5, 0.6) is 5.88 Å². The second kappa shape index (κ2) is 8.00. The fourth-order valence-electron chi connectivity index (χ4n) is 4.27. The van der Waals surface area contributed by atoms with Crippen LogP contribution in [0.25, 0.3) is 21.9 Å². The van der Waals surface area contributed by atoms with Gasteiger partial charge in [-0.05, 0) is 36.4 Å². The van der Waals surface area contributed by atoms with Gasteiger partial charge in [0.05, 0.1) is 24.9 Å². The second-order valence-corrected chi connectivity index (χ2v) is 7.97. The van der Waals surface area contributed by atoms with Crippen molar-refractivity contribution in [3.05, 3.63) is 35.9 Å². The highest BCUT2D eigenvalue weighted by Gasteiger charge is 2.30. The number of anilines is 3. The molecule has 1 saturated heterocycles. The molecule has 2 aliphatic rings. The molecule has 5 rings (SSSR count). The topological polar surface area (TPSA) is 123 Å². The highest BCUT2D eigenvalue weighted by atomic mass is 19.1. The molecular formula is C22H21F2N5O4. The number of pyridine rings is 2. The van der Waals surface area contributed by atoms with Crippen LogP contribution in [0, 0.1) is 12.7 Å². The molecule has 9 nitrogen and oxygen atoms in total. The molecule has 0 saturated carbocycles. The number of aromatic nitrogens is 2. The predicted octanol–water partition coefficient (Wildman–Crippen LogP) is 3.70. The Hall–Kier alpha value is -3.73. The lowest BCUT2D eigenvalue weighted by Gasteiger charge is -2.25. The largest absolute Gasteiger partial charge is 0.465 e. The summed E-state index contributed by atoms with van der Waals surface area (Å²) in [5.74, 6) is -0.348. The molecule has 0 spiro atoms. The van der Waals surface area contributed by atoms with Crippen LogP contribution in [0.15, 0.2) is 24.5 Å². The maximum Gasteiger partial charge on any atom is 0.413 e. The molecule has 1 fully saturated rings. The maximum atomic E-state index is 15.3. The number of hydrogen-bond donors (Lipinski definition) is 3. The third kappa shape index (κ3) is 3.54. The van der Waals surface area contributed by atoms with Crippen molar-refractivity contribution < 1.29 is 28.2 Å². The minimum atomic E-state index is -1.52. The number of alkyl halides is 1. The molecule has 2 unspecified atom stereocenters. The predicted molar refractivity (Wildman–Crippen MR) is 118 cm³/mol. The van der Waals surface area contributed by atoms with Gasteiger partial charge in [-0.15, -0.1) is 0 Å². The van der Waals surface area contributed by atoms with Gasteiger partial charge in [-0.25, -0.2) is 19.2 Å². The van der Waals surface area contributed by atoms with E-state index in [9.17, 15) is 14.3 Å². The highest BCUT2D eigenvalue weighted by Crippen LogP contribution is 2.40. The Bertz CT molecular complexity index is 1270. The van der Waals surface area contributed by atoms with Gasteiger partial charge in [0.2, 0.25) is 5.88 Å². The Balaban J connectivity index is 1.64. The van der Waals surface area contributed by atoms with Gasteiger partial charge in [-0.3, -0.25) is 4.90 Å². The van der Waals surface area contributed by atoms with E-state index in [4.69, 9.17) is 15.2 Å². The van der Waals surface area contributed by atoms with Crippen LogP contribution in [-0.2, 0) is 4.74 Å². The van der Waals surface area contributed by atoms with Crippen LogP contribution < -0.4 is 20.7 Å². The summed E-state index contributed by atoms with van der Waals surface area (Å²) in [7, 11) is 0. The third-order valence-electron chi connectivity index (χ3n) is 5.98. The molecule has 0 aliphatic carbocycles. The quantitative estimate of drug-likeness (QED) is 0.509. The number of benzene rings is 1. The number of nitrogen functional groups attached to an aromatic ring is 1. The van der Waals surface area contributed by atoms with Gasteiger partial charge in [0.1, 0.15) is 11.5 Å². The van der Waals surface area contributed by atoms with Crippen molar-refractivity contribution in [1.82, 2.24) is 9.97 Å².